The largest absolute Gasteiger partial charge is 0.268 e. The Hall–Kier alpha value is -1.43. The quantitative estimate of drug-likeness (QED) is 0.890. The lowest BCUT2D eigenvalue weighted by Gasteiger charge is -2.07. The molecular formula is C11H12FNO3S. The number of halogens is 1. The predicted molar refractivity (Wildman–Crippen MR) is 60.7 cm³/mol. The molecule has 0 aliphatic heterocycles. The second-order valence-electron chi connectivity index (χ2n) is 4.19. The van der Waals surface area contributed by atoms with Crippen molar-refractivity contribution in [2.75, 3.05) is 6.26 Å². The van der Waals surface area contributed by atoms with Gasteiger partial charge in [-0.2, -0.15) is 0 Å². The summed E-state index contributed by atoms with van der Waals surface area (Å²) in [7, 11) is -3.67. The Morgan fingerprint density at radius 1 is 1.41 bits per heavy atom. The Balaban J connectivity index is 2.32. The summed E-state index contributed by atoms with van der Waals surface area (Å²) in [5.41, 5.74) is 0.269. The zero-order valence-electron chi connectivity index (χ0n) is 9.23. The lowest BCUT2D eigenvalue weighted by atomic mass is 10.1. The van der Waals surface area contributed by atoms with Gasteiger partial charge in [-0.3, -0.25) is 4.79 Å². The average Bonchev–Trinajstić information content (AvgIpc) is 2.98. The van der Waals surface area contributed by atoms with Crippen LogP contribution in [0.25, 0.3) is 0 Å². The average molecular weight is 257 g/mol. The molecule has 4 nitrogen and oxygen atoms in total. The SMILES string of the molecule is CS(=O)(=O)NC(=O)c1cccc(C2CC2)c1F. The van der Waals surface area contributed by atoms with Crippen molar-refractivity contribution in [3.63, 3.8) is 0 Å². The lowest BCUT2D eigenvalue weighted by Crippen LogP contribution is -2.30. The molecule has 1 N–H and O–H groups in total. The molecule has 1 aliphatic carbocycles. The molecule has 0 bridgehead atoms. The van der Waals surface area contributed by atoms with Crippen LogP contribution in [0.2, 0.25) is 0 Å². The molecule has 0 spiro atoms. The monoisotopic (exact) mass is 257 g/mol. The fourth-order valence-electron chi connectivity index (χ4n) is 1.66. The van der Waals surface area contributed by atoms with E-state index in [1.807, 2.05) is 0 Å². The molecule has 17 heavy (non-hydrogen) atoms. The minimum Gasteiger partial charge on any atom is -0.268 e. The van der Waals surface area contributed by atoms with E-state index in [-0.39, 0.29) is 11.5 Å². The Morgan fingerprint density at radius 3 is 2.59 bits per heavy atom. The van der Waals surface area contributed by atoms with Crippen molar-refractivity contribution in [2.24, 2.45) is 0 Å². The van der Waals surface area contributed by atoms with E-state index in [2.05, 4.69) is 0 Å². The van der Waals surface area contributed by atoms with Crippen molar-refractivity contribution in [2.45, 2.75) is 18.8 Å². The van der Waals surface area contributed by atoms with Gasteiger partial charge in [-0.05, 0) is 30.4 Å². The summed E-state index contributed by atoms with van der Waals surface area (Å²) in [6.45, 7) is 0. The van der Waals surface area contributed by atoms with Crippen molar-refractivity contribution in [1.29, 1.82) is 0 Å². The summed E-state index contributed by atoms with van der Waals surface area (Å²) >= 11 is 0. The number of carbonyl (C=O) groups is 1. The van der Waals surface area contributed by atoms with Crippen LogP contribution in [0.3, 0.4) is 0 Å². The van der Waals surface area contributed by atoms with Gasteiger partial charge in [0.05, 0.1) is 11.8 Å². The van der Waals surface area contributed by atoms with Gasteiger partial charge < -0.3 is 0 Å². The zero-order chi connectivity index (χ0) is 12.6. The van der Waals surface area contributed by atoms with Crippen LogP contribution in [0, 0.1) is 5.82 Å². The number of nitrogens with one attached hydrogen (secondary N) is 1. The van der Waals surface area contributed by atoms with Crippen LogP contribution in [-0.2, 0) is 10.0 Å². The lowest BCUT2D eigenvalue weighted by molar-refractivity contribution is 0.0977. The molecule has 0 atom stereocenters. The standard InChI is InChI=1S/C11H12FNO3S/c1-17(15,16)13-11(14)9-4-2-3-8(10(9)12)7-5-6-7/h2-4,7H,5-6H2,1H3,(H,13,14). The highest BCUT2D eigenvalue weighted by molar-refractivity contribution is 7.89. The molecule has 1 aromatic carbocycles. The maximum absolute atomic E-state index is 13.9. The van der Waals surface area contributed by atoms with Gasteiger partial charge in [0, 0.05) is 0 Å². The molecule has 2 rings (SSSR count). The van der Waals surface area contributed by atoms with Crippen molar-refractivity contribution in [3.05, 3.63) is 35.1 Å². The van der Waals surface area contributed by atoms with Gasteiger partial charge in [0.15, 0.2) is 0 Å². The number of sulfonamides is 1. The van der Waals surface area contributed by atoms with E-state index < -0.39 is 21.7 Å². The second-order valence-corrected chi connectivity index (χ2v) is 5.93. The Morgan fingerprint density at radius 2 is 2.06 bits per heavy atom. The van der Waals surface area contributed by atoms with Gasteiger partial charge in [-0.25, -0.2) is 17.5 Å². The van der Waals surface area contributed by atoms with Crippen LogP contribution in [0.1, 0.15) is 34.7 Å². The Labute approximate surface area is 98.9 Å². The van der Waals surface area contributed by atoms with Crippen LogP contribution in [0.4, 0.5) is 4.39 Å². The van der Waals surface area contributed by atoms with Gasteiger partial charge >= 0.3 is 0 Å². The van der Waals surface area contributed by atoms with Gasteiger partial charge in [0.25, 0.3) is 5.91 Å². The molecule has 92 valence electrons. The number of benzene rings is 1. The fourth-order valence-corrected chi connectivity index (χ4v) is 2.10. The minimum absolute atomic E-state index is 0.168. The smallest absolute Gasteiger partial charge is 0.267 e. The molecule has 1 saturated carbocycles. The first-order chi connectivity index (χ1) is 7.88. The first-order valence-corrected chi connectivity index (χ1v) is 7.08. The van der Waals surface area contributed by atoms with Crippen molar-refractivity contribution < 1.29 is 17.6 Å². The maximum atomic E-state index is 13.9. The molecule has 1 amide bonds. The molecule has 0 unspecified atom stereocenters. The summed E-state index contributed by atoms with van der Waals surface area (Å²) in [6, 6.07) is 4.47. The normalized spacial score (nSPS) is 15.6. The second kappa shape index (κ2) is 4.10. The molecule has 1 aromatic rings. The Bertz CT molecular complexity index is 564. The third-order valence-electron chi connectivity index (χ3n) is 2.57. The first kappa shape index (κ1) is 12.0. The zero-order valence-corrected chi connectivity index (χ0v) is 10.1. The predicted octanol–water partition coefficient (Wildman–Crippen LogP) is 1.39. The summed E-state index contributed by atoms with van der Waals surface area (Å²) in [5, 5.41) is 0. The number of hydrogen-bond donors (Lipinski definition) is 1. The van der Waals surface area contributed by atoms with Gasteiger partial charge in [-0.1, -0.05) is 12.1 Å². The van der Waals surface area contributed by atoms with E-state index in [4.69, 9.17) is 0 Å². The number of carbonyl (C=O) groups excluding carboxylic acids is 1. The molecule has 0 radical (unpaired) electrons. The summed E-state index contributed by atoms with van der Waals surface area (Å²) in [4.78, 5) is 11.5. The van der Waals surface area contributed by atoms with Crippen LogP contribution < -0.4 is 4.72 Å². The van der Waals surface area contributed by atoms with E-state index in [0.717, 1.165) is 19.1 Å². The third kappa shape index (κ3) is 2.82. The summed E-state index contributed by atoms with van der Waals surface area (Å²) in [5.74, 6) is -1.37. The highest BCUT2D eigenvalue weighted by Gasteiger charge is 2.28. The van der Waals surface area contributed by atoms with Crippen LogP contribution in [0.15, 0.2) is 18.2 Å². The molecule has 0 heterocycles. The molecule has 0 saturated heterocycles. The van der Waals surface area contributed by atoms with Gasteiger partial charge in [0.2, 0.25) is 10.0 Å². The fraction of sp³-hybridized carbons (Fsp3) is 0.364. The van der Waals surface area contributed by atoms with Gasteiger partial charge in [-0.15, -0.1) is 0 Å². The van der Waals surface area contributed by atoms with E-state index in [1.54, 1.807) is 16.9 Å². The molecule has 6 heteroatoms. The molecular weight excluding hydrogens is 245 g/mol. The molecule has 1 aliphatic rings. The van der Waals surface area contributed by atoms with E-state index in [0.29, 0.717) is 5.56 Å². The number of amides is 1. The van der Waals surface area contributed by atoms with E-state index in [9.17, 15) is 17.6 Å². The number of hydrogen-bond acceptors (Lipinski definition) is 3. The van der Waals surface area contributed by atoms with Crippen LogP contribution in [0.5, 0.6) is 0 Å². The highest BCUT2D eigenvalue weighted by atomic mass is 32.2. The van der Waals surface area contributed by atoms with Crippen molar-refractivity contribution in [3.8, 4) is 0 Å². The first-order valence-electron chi connectivity index (χ1n) is 5.19. The highest BCUT2D eigenvalue weighted by Crippen LogP contribution is 2.41. The van der Waals surface area contributed by atoms with E-state index >= 15 is 0 Å². The van der Waals surface area contributed by atoms with Crippen molar-refractivity contribution >= 4 is 15.9 Å². The molecule has 0 aromatic heterocycles. The minimum atomic E-state index is -3.67. The van der Waals surface area contributed by atoms with Crippen molar-refractivity contribution in [1.82, 2.24) is 4.72 Å². The Kier molecular flexibility index (Phi) is 2.91. The van der Waals surface area contributed by atoms with E-state index in [1.165, 1.54) is 6.07 Å². The maximum Gasteiger partial charge on any atom is 0.267 e. The topological polar surface area (TPSA) is 63.2 Å². The summed E-state index contributed by atoms with van der Waals surface area (Å²) < 4.78 is 37.5. The van der Waals surface area contributed by atoms with Gasteiger partial charge in [0.1, 0.15) is 5.82 Å². The van der Waals surface area contributed by atoms with Crippen LogP contribution >= 0.6 is 0 Å². The van der Waals surface area contributed by atoms with Crippen LogP contribution in [-0.4, -0.2) is 20.6 Å². The number of rotatable bonds is 3. The third-order valence-corrected chi connectivity index (χ3v) is 3.12. The summed E-state index contributed by atoms with van der Waals surface area (Å²) in [6.07, 6.45) is 2.68. The molecule has 1 fully saturated rings.